The number of carbonyl (C=O) groups is 1. The number of para-hydroxylation sites is 1. The molecule has 0 atom stereocenters. The van der Waals surface area contributed by atoms with Crippen LogP contribution in [0.15, 0.2) is 108 Å². The van der Waals surface area contributed by atoms with Gasteiger partial charge in [0.25, 0.3) is 11.5 Å². The molecule has 6 rings (SSSR count). The summed E-state index contributed by atoms with van der Waals surface area (Å²) in [6, 6.07) is 22.9. The predicted molar refractivity (Wildman–Crippen MR) is 172 cm³/mol. The molecular formula is C31H18Br2ClFN4O4. The molecule has 0 saturated carbocycles. The standard InChI is InChI=1S/C31H18Br2ClFN4O4/c32-23-11-17(12-24(33)29(23)42-16-28(40)37-21-8-6-20(35)7-9-21)15-36-39-30(38-25-4-2-1-3-22(25)31(39)41)27-14-18-13-19(34)5-10-26(18)43-27/h1-15H,16H2,(H,37,40). The average Bonchev–Trinajstić information content (AvgIpc) is 3.40. The molecule has 214 valence electrons. The first-order valence-corrected chi connectivity index (χ1v) is 14.6. The van der Waals surface area contributed by atoms with Crippen LogP contribution in [0.5, 0.6) is 5.75 Å². The highest BCUT2D eigenvalue weighted by atomic mass is 79.9. The molecule has 1 amide bonds. The highest BCUT2D eigenvalue weighted by molar-refractivity contribution is 9.11. The number of amides is 1. The van der Waals surface area contributed by atoms with Crippen LogP contribution in [0.25, 0.3) is 33.5 Å². The van der Waals surface area contributed by atoms with Gasteiger partial charge in [-0.05, 0) is 110 Å². The van der Waals surface area contributed by atoms with Crippen LogP contribution in [0, 0.1) is 5.82 Å². The van der Waals surface area contributed by atoms with Crippen LogP contribution < -0.4 is 15.6 Å². The van der Waals surface area contributed by atoms with E-state index in [1.54, 1.807) is 60.7 Å². The molecular weight excluding hydrogens is 707 g/mol. The lowest BCUT2D eigenvalue weighted by Crippen LogP contribution is -2.20. The Morgan fingerprint density at radius 1 is 1.05 bits per heavy atom. The van der Waals surface area contributed by atoms with Crippen molar-refractivity contribution < 1.29 is 18.3 Å². The molecule has 0 saturated heterocycles. The summed E-state index contributed by atoms with van der Waals surface area (Å²) in [4.78, 5) is 30.6. The first kappa shape index (κ1) is 28.8. The molecule has 2 aromatic heterocycles. The van der Waals surface area contributed by atoms with E-state index in [1.165, 1.54) is 35.2 Å². The SMILES string of the molecule is O=C(COc1c(Br)cc(C=Nn2c(-c3cc4cc(Cl)ccc4o3)nc3ccccc3c2=O)cc1Br)Nc1ccc(F)cc1. The Bertz CT molecular complexity index is 2090. The number of hydrogen-bond donors (Lipinski definition) is 1. The van der Waals surface area contributed by atoms with Crippen molar-refractivity contribution in [2.24, 2.45) is 5.10 Å². The van der Waals surface area contributed by atoms with Crippen molar-refractivity contribution in [3.05, 3.63) is 121 Å². The number of halogens is 4. The fourth-order valence-electron chi connectivity index (χ4n) is 4.30. The molecule has 0 aliphatic heterocycles. The number of nitrogens with zero attached hydrogens (tertiary/aromatic N) is 3. The van der Waals surface area contributed by atoms with Gasteiger partial charge in [-0.25, -0.2) is 9.37 Å². The predicted octanol–water partition coefficient (Wildman–Crippen LogP) is 8.03. The number of hydrogen-bond acceptors (Lipinski definition) is 6. The van der Waals surface area contributed by atoms with Crippen molar-refractivity contribution in [2.75, 3.05) is 11.9 Å². The summed E-state index contributed by atoms with van der Waals surface area (Å²) in [5, 5.41) is 8.84. The van der Waals surface area contributed by atoms with Crippen LogP contribution >= 0.6 is 43.5 Å². The van der Waals surface area contributed by atoms with Crippen LogP contribution in [0.2, 0.25) is 5.02 Å². The number of fused-ring (bicyclic) bond motifs is 2. The summed E-state index contributed by atoms with van der Waals surface area (Å²) in [6.45, 7) is -0.285. The largest absolute Gasteiger partial charge is 0.481 e. The van der Waals surface area contributed by atoms with Crippen molar-refractivity contribution in [1.82, 2.24) is 9.66 Å². The first-order valence-electron chi connectivity index (χ1n) is 12.7. The smallest absolute Gasteiger partial charge is 0.282 e. The van der Waals surface area contributed by atoms with E-state index in [9.17, 15) is 14.0 Å². The van der Waals surface area contributed by atoms with Gasteiger partial charge in [-0.15, -0.1) is 0 Å². The van der Waals surface area contributed by atoms with E-state index in [1.807, 2.05) is 0 Å². The molecule has 1 N–H and O–H groups in total. The second kappa shape index (κ2) is 12.1. The summed E-state index contributed by atoms with van der Waals surface area (Å²) in [5.41, 5.74) is 1.78. The maximum Gasteiger partial charge on any atom is 0.282 e. The van der Waals surface area contributed by atoms with Gasteiger partial charge >= 0.3 is 0 Å². The van der Waals surface area contributed by atoms with Gasteiger partial charge in [0.1, 0.15) is 17.1 Å². The highest BCUT2D eigenvalue weighted by Gasteiger charge is 2.17. The summed E-state index contributed by atoms with van der Waals surface area (Å²) in [7, 11) is 0. The number of rotatable bonds is 7. The van der Waals surface area contributed by atoms with Crippen molar-refractivity contribution >= 4 is 83.1 Å². The molecule has 0 aliphatic rings. The van der Waals surface area contributed by atoms with Crippen LogP contribution in [0.4, 0.5) is 10.1 Å². The Morgan fingerprint density at radius 3 is 2.56 bits per heavy atom. The highest BCUT2D eigenvalue weighted by Crippen LogP contribution is 2.35. The third-order valence-corrected chi connectivity index (χ3v) is 7.68. The minimum Gasteiger partial charge on any atom is -0.481 e. The number of anilines is 1. The normalized spacial score (nSPS) is 11.4. The third kappa shape index (κ3) is 6.24. The summed E-state index contributed by atoms with van der Waals surface area (Å²) in [5.74, 6) is 0.139. The lowest BCUT2D eigenvalue weighted by Gasteiger charge is -2.12. The molecule has 4 aromatic carbocycles. The second-order valence-corrected chi connectivity index (χ2v) is 11.4. The monoisotopic (exact) mass is 722 g/mol. The maximum atomic E-state index is 13.5. The second-order valence-electron chi connectivity index (χ2n) is 9.26. The van der Waals surface area contributed by atoms with Crippen molar-refractivity contribution in [3.8, 4) is 17.3 Å². The zero-order valence-electron chi connectivity index (χ0n) is 21.9. The molecule has 0 radical (unpaired) electrons. The maximum absolute atomic E-state index is 13.5. The number of benzene rings is 4. The van der Waals surface area contributed by atoms with Crippen LogP contribution in [-0.4, -0.2) is 28.4 Å². The lowest BCUT2D eigenvalue weighted by atomic mass is 10.2. The van der Waals surface area contributed by atoms with E-state index >= 15 is 0 Å². The zero-order chi connectivity index (χ0) is 30.1. The molecule has 0 fully saturated rings. The molecule has 0 bridgehead atoms. The Kier molecular flexibility index (Phi) is 8.11. The summed E-state index contributed by atoms with van der Waals surface area (Å²) in [6.07, 6.45) is 1.50. The van der Waals surface area contributed by atoms with Crippen molar-refractivity contribution in [1.29, 1.82) is 0 Å². The minimum absolute atomic E-state index is 0.220. The minimum atomic E-state index is -0.417. The lowest BCUT2D eigenvalue weighted by molar-refractivity contribution is -0.118. The fraction of sp³-hybridized carbons (Fsp3) is 0.0323. The van der Waals surface area contributed by atoms with Crippen LogP contribution in [0.3, 0.4) is 0 Å². The van der Waals surface area contributed by atoms with E-state index < -0.39 is 11.7 Å². The van der Waals surface area contributed by atoms with E-state index in [0.29, 0.717) is 53.2 Å². The summed E-state index contributed by atoms with van der Waals surface area (Å²) >= 11 is 13.1. The molecule has 43 heavy (non-hydrogen) atoms. The Labute approximate surface area is 265 Å². The topological polar surface area (TPSA) is 98.7 Å². The number of nitrogens with one attached hydrogen (secondary N) is 1. The van der Waals surface area contributed by atoms with Crippen molar-refractivity contribution in [2.45, 2.75) is 0 Å². The zero-order valence-corrected chi connectivity index (χ0v) is 25.8. The van der Waals surface area contributed by atoms with Gasteiger partial charge in [-0.1, -0.05) is 23.7 Å². The Balaban J connectivity index is 1.29. The van der Waals surface area contributed by atoms with Gasteiger partial charge in [-0.3, -0.25) is 9.59 Å². The van der Waals surface area contributed by atoms with Gasteiger partial charge in [-0.2, -0.15) is 9.78 Å². The van der Waals surface area contributed by atoms with E-state index in [4.69, 9.17) is 20.8 Å². The molecule has 0 aliphatic carbocycles. The molecule has 0 spiro atoms. The number of carbonyl (C=O) groups excluding carboxylic acids is 1. The fourth-order valence-corrected chi connectivity index (χ4v) is 5.93. The van der Waals surface area contributed by atoms with Crippen LogP contribution in [0.1, 0.15) is 5.56 Å². The quantitative estimate of drug-likeness (QED) is 0.168. The van der Waals surface area contributed by atoms with Gasteiger partial charge in [0.15, 0.2) is 12.4 Å². The van der Waals surface area contributed by atoms with Gasteiger partial charge < -0.3 is 14.5 Å². The average molecular weight is 725 g/mol. The van der Waals surface area contributed by atoms with E-state index in [0.717, 1.165) is 5.39 Å². The molecule has 8 nitrogen and oxygen atoms in total. The van der Waals surface area contributed by atoms with Crippen molar-refractivity contribution in [3.63, 3.8) is 0 Å². The molecule has 2 heterocycles. The molecule has 0 unspecified atom stereocenters. The third-order valence-electron chi connectivity index (χ3n) is 6.27. The van der Waals surface area contributed by atoms with E-state index in [2.05, 4.69) is 47.3 Å². The van der Waals surface area contributed by atoms with E-state index in [-0.39, 0.29) is 18.0 Å². The molecule has 12 heteroatoms. The van der Waals surface area contributed by atoms with Gasteiger partial charge in [0.2, 0.25) is 5.82 Å². The number of furan rings is 1. The number of ether oxygens (including phenoxy) is 1. The Morgan fingerprint density at radius 2 is 1.79 bits per heavy atom. The molecule has 6 aromatic rings. The Hall–Kier alpha value is -4.32. The van der Waals surface area contributed by atoms with Crippen LogP contribution in [-0.2, 0) is 4.79 Å². The van der Waals surface area contributed by atoms with Gasteiger partial charge in [0.05, 0.1) is 26.1 Å². The van der Waals surface area contributed by atoms with Gasteiger partial charge in [0, 0.05) is 16.1 Å². The summed E-state index contributed by atoms with van der Waals surface area (Å²) < 4.78 is 27.1. The number of aromatic nitrogens is 2. The first-order chi connectivity index (χ1) is 20.7.